The molecule has 4 heterocycles. The summed E-state index contributed by atoms with van der Waals surface area (Å²) in [5, 5.41) is 10.5. The van der Waals surface area contributed by atoms with Crippen LogP contribution < -0.4 is 16.0 Å². The van der Waals surface area contributed by atoms with Crippen LogP contribution in [0.25, 0.3) is 22.1 Å². The van der Waals surface area contributed by atoms with Gasteiger partial charge in [-0.2, -0.15) is 18.2 Å². The van der Waals surface area contributed by atoms with Gasteiger partial charge in [-0.3, -0.25) is 0 Å². The first-order chi connectivity index (χ1) is 14.1. The van der Waals surface area contributed by atoms with Crippen molar-refractivity contribution < 1.29 is 36.3 Å². The molecule has 0 saturated carbocycles. The second-order valence-corrected chi connectivity index (χ2v) is 6.87. The lowest BCUT2D eigenvalue weighted by Crippen LogP contribution is -2.44. The minimum Gasteiger partial charge on any atom is -0.475 e. The average molecular weight is 431 g/mol. The van der Waals surface area contributed by atoms with E-state index >= 15 is 0 Å². The molecule has 0 radical (unpaired) electrons. The Morgan fingerprint density at radius 3 is 2.57 bits per heavy atom. The highest BCUT2D eigenvalue weighted by atomic mass is 19.4. The number of nitrogens with one attached hydrogen (secondary N) is 1. The number of benzene rings is 1. The van der Waals surface area contributed by atoms with Crippen LogP contribution in [0.5, 0.6) is 0 Å². The number of halogens is 5. The number of furan rings is 1. The lowest BCUT2D eigenvalue weighted by Gasteiger charge is -2.28. The number of anilines is 2. The first-order valence-corrected chi connectivity index (χ1v) is 8.70. The molecule has 8 nitrogen and oxygen atoms in total. The van der Waals surface area contributed by atoms with Crippen LogP contribution in [0.1, 0.15) is 6.42 Å². The van der Waals surface area contributed by atoms with Gasteiger partial charge in [-0.25, -0.2) is 18.6 Å². The second kappa shape index (κ2) is 6.93. The number of aromatic nitrogens is 2. The van der Waals surface area contributed by atoms with Gasteiger partial charge >= 0.3 is 12.1 Å². The SMILES string of the molecule is Nc1nc(N2CC3CC2CN3)c2oc3ccc(F)c(F)c3c2n1.O=C(O)C(F)(F)F. The van der Waals surface area contributed by atoms with E-state index in [1.807, 2.05) is 0 Å². The third kappa shape index (κ3) is 3.34. The minimum atomic E-state index is -5.08. The summed E-state index contributed by atoms with van der Waals surface area (Å²) < 4.78 is 65.2. The van der Waals surface area contributed by atoms with Crippen LogP contribution in [-0.4, -0.2) is 52.4 Å². The highest BCUT2D eigenvalue weighted by Gasteiger charge is 2.40. The van der Waals surface area contributed by atoms with E-state index in [2.05, 4.69) is 20.2 Å². The quantitative estimate of drug-likeness (QED) is 0.503. The number of alkyl halides is 3. The van der Waals surface area contributed by atoms with Crippen LogP contribution in [0.4, 0.5) is 33.7 Å². The maximum atomic E-state index is 14.2. The van der Waals surface area contributed by atoms with Gasteiger partial charge in [-0.15, -0.1) is 0 Å². The van der Waals surface area contributed by atoms with Crippen LogP contribution >= 0.6 is 0 Å². The van der Waals surface area contributed by atoms with Gasteiger partial charge in [0.05, 0.1) is 5.39 Å². The summed E-state index contributed by atoms with van der Waals surface area (Å²) in [6, 6.07) is 3.14. The fourth-order valence-corrected chi connectivity index (χ4v) is 3.68. The third-order valence-corrected chi connectivity index (χ3v) is 4.94. The van der Waals surface area contributed by atoms with E-state index in [4.69, 9.17) is 20.1 Å². The largest absolute Gasteiger partial charge is 0.490 e. The van der Waals surface area contributed by atoms with Gasteiger partial charge in [-0.05, 0) is 18.6 Å². The second-order valence-electron chi connectivity index (χ2n) is 6.87. The van der Waals surface area contributed by atoms with E-state index in [-0.39, 0.29) is 22.4 Å². The molecule has 13 heteroatoms. The number of nitrogen functional groups attached to an aromatic ring is 1. The van der Waals surface area contributed by atoms with E-state index in [1.165, 1.54) is 6.07 Å². The Bertz CT molecular complexity index is 1150. The number of nitrogens with zero attached hydrogens (tertiary/aromatic N) is 3. The fraction of sp³-hybridized carbons (Fsp3) is 0.353. The molecule has 0 spiro atoms. The number of carbonyl (C=O) groups is 1. The van der Waals surface area contributed by atoms with Crippen molar-refractivity contribution in [2.45, 2.75) is 24.7 Å². The first-order valence-electron chi connectivity index (χ1n) is 8.70. The van der Waals surface area contributed by atoms with Gasteiger partial charge in [0.25, 0.3) is 0 Å². The van der Waals surface area contributed by atoms with Crippen molar-refractivity contribution in [2.75, 3.05) is 23.7 Å². The number of hydrogen-bond acceptors (Lipinski definition) is 7. The van der Waals surface area contributed by atoms with Gasteiger partial charge in [0.15, 0.2) is 23.0 Å². The van der Waals surface area contributed by atoms with Crippen molar-refractivity contribution in [1.82, 2.24) is 15.3 Å². The van der Waals surface area contributed by atoms with E-state index in [0.717, 1.165) is 25.6 Å². The lowest BCUT2D eigenvalue weighted by molar-refractivity contribution is -0.192. The van der Waals surface area contributed by atoms with Crippen molar-refractivity contribution in [3.8, 4) is 0 Å². The van der Waals surface area contributed by atoms with Crippen LogP contribution in [0.2, 0.25) is 0 Å². The van der Waals surface area contributed by atoms with Crippen molar-refractivity contribution in [3.05, 3.63) is 23.8 Å². The van der Waals surface area contributed by atoms with Gasteiger partial charge in [0.1, 0.15) is 11.1 Å². The maximum Gasteiger partial charge on any atom is 0.490 e. The number of nitrogens with two attached hydrogens (primary N) is 1. The zero-order chi connectivity index (χ0) is 21.8. The summed E-state index contributed by atoms with van der Waals surface area (Å²) in [5.74, 6) is -4.10. The third-order valence-electron chi connectivity index (χ3n) is 4.94. The number of rotatable bonds is 1. The van der Waals surface area contributed by atoms with Crippen LogP contribution in [0, 0.1) is 11.6 Å². The fourth-order valence-electron chi connectivity index (χ4n) is 3.68. The molecule has 1 aromatic carbocycles. The smallest absolute Gasteiger partial charge is 0.475 e. The van der Waals surface area contributed by atoms with Crippen molar-refractivity contribution in [1.29, 1.82) is 0 Å². The van der Waals surface area contributed by atoms with Gasteiger partial charge in [-0.1, -0.05) is 0 Å². The Hall–Kier alpha value is -3.22. The number of carboxylic acids is 1. The first kappa shape index (κ1) is 20.1. The molecule has 2 unspecified atom stereocenters. The van der Waals surface area contributed by atoms with Crippen molar-refractivity contribution in [3.63, 3.8) is 0 Å². The molecule has 2 bridgehead atoms. The van der Waals surface area contributed by atoms with E-state index in [1.54, 1.807) is 0 Å². The van der Waals surface area contributed by atoms with Crippen LogP contribution in [-0.2, 0) is 4.79 Å². The standard InChI is InChI=1S/C15H13F2N5O.C2HF3O2/c16-8-1-2-9-10(11(8)17)12-13(23-9)14(21-15(18)20-12)22-5-6-3-7(22)4-19-6;3-2(4,5)1(6)7/h1-2,6-7,19H,3-5H2,(H2,18,20,21);(H,6,7). The van der Waals surface area contributed by atoms with Gasteiger partial charge in [0, 0.05) is 25.2 Å². The monoisotopic (exact) mass is 431 g/mol. The van der Waals surface area contributed by atoms with E-state index < -0.39 is 23.8 Å². The van der Waals surface area contributed by atoms with Gasteiger partial charge in [0.2, 0.25) is 5.95 Å². The van der Waals surface area contributed by atoms with E-state index in [9.17, 15) is 22.0 Å². The molecule has 2 saturated heterocycles. The van der Waals surface area contributed by atoms with Crippen LogP contribution in [0.3, 0.4) is 0 Å². The Morgan fingerprint density at radius 2 is 2.00 bits per heavy atom. The average Bonchev–Trinajstić information content (AvgIpc) is 3.37. The molecule has 5 rings (SSSR count). The summed E-state index contributed by atoms with van der Waals surface area (Å²) in [6.07, 6.45) is -4.06. The highest BCUT2D eigenvalue weighted by Crippen LogP contribution is 2.38. The molecule has 0 aliphatic carbocycles. The molecular formula is C17H14F5N5O3. The molecule has 2 aliphatic rings. The summed E-state index contributed by atoms with van der Waals surface area (Å²) in [5.41, 5.74) is 6.62. The van der Waals surface area contributed by atoms with Crippen molar-refractivity contribution >= 4 is 39.8 Å². The molecule has 30 heavy (non-hydrogen) atoms. The molecule has 0 amide bonds. The van der Waals surface area contributed by atoms with Crippen molar-refractivity contribution in [2.24, 2.45) is 0 Å². The summed E-state index contributed by atoms with van der Waals surface area (Å²) in [4.78, 5) is 19.4. The topological polar surface area (TPSA) is 118 Å². The lowest BCUT2D eigenvalue weighted by atomic mass is 10.2. The Morgan fingerprint density at radius 1 is 1.30 bits per heavy atom. The molecule has 3 aromatic rings. The normalized spacial score (nSPS) is 20.6. The molecule has 2 aliphatic heterocycles. The zero-order valence-corrected chi connectivity index (χ0v) is 15.0. The number of hydrogen-bond donors (Lipinski definition) is 3. The summed E-state index contributed by atoms with van der Waals surface area (Å²) in [6.45, 7) is 1.64. The predicted octanol–water partition coefficient (Wildman–Crippen LogP) is 2.42. The summed E-state index contributed by atoms with van der Waals surface area (Å²) >= 11 is 0. The Kier molecular flexibility index (Phi) is 4.64. The Balaban J connectivity index is 0.000000272. The van der Waals surface area contributed by atoms with Gasteiger partial charge < -0.3 is 25.5 Å². The molecule has 2 atom stereocenters. The summed E-state index contributed by atoms with van der Waals surface area (Å²) in [7, 11) is 0. The zero-order valence-electron chi connectivity index (χ0n) is 15.0. The minimum absolute atomic E-state index is 0.0119. The Labute approximate surface area is 164 Å². The maximum absolute atomic E-state index is 14.2. The molecular weight excluding hydrogens is 417 g/mol. The number of piperazine rings is 1. The highest BCUT2D eigenvalue weighted by molar-refractivity contribution is 6.06. The number of carboxylic acid groups (broad SMARTS) is 1. The number of fused-ring (bicyclic) bond motifs is 5. The molecule has 2 aromatic heterocycles. The van der Waals surface area contributed by atoms with E-state index in [0.29, 0.717) is 23.5 Å². The number of aliphatic carboxylic acids is 1. The molecule has 4 N–H and O–H groups in total. The molecule has 2 fully saturated rings. The molecule has 160 valence electrons. The van der Waals surface area contributed by atoms with Crippen LogP contribution in [0.15, 0.2) is 16.5 Å². The predicted molar refractivity (Wildman–Crippen MR) is 94.9 cm³/mol.